The Labute approximate surface area is 181 Å². The van der Waals surface area contributed by atoms with Crippen molar-refractivity contribution in [3.63, 3.8) is 0 Å². The molecule has 166 valence electrons. The van der Waals surface area contributed by atoms with E-state index in [0.29, 0.717) is 31.7 Å². The van der Waals surface area contributed by atoms with Crippen LogP contribution >= 0.6 is 0 Å². The fourth-order valence-corrected chi connectivity index (χ4v) is 3.80. The molecule has 2 unspecified atom stereocenters. The zero-order chi connectivity index (χ0) is 22.4. The van der Waals surface area contributed by atoms with Crippen LogP contribution in [0.25, 0.3) is 0 Å². The third kappa shape index (κ3) is 6.26. The van der Waals surface area contributed by atoms with Crippen molar-refractivity contribution in [2.45, 2.75) is 32.7 Å². The number of anilines is 1. The molecule has 1 fully saturated rings. The van der Waals surface area contributed by atoms with Crippen molar-refractivity contribution in [1.82, 2.24) is 10.6 Å². The summed E-state index contributed by atoms with van der Waals surface area (Å²) >= 11 is 0. The molecular formula is C24H29F2N3O2. The number of benzene rings is 2. The van der Waals surface area contributed by atoms with E-state index in [1.807, 2.05) is 49.1 Å². The van der Waals surface area contributed by atoms with Crippen LogP contribution < -0.4 is 15.5 Å². The molecule has 1 saturated heterocycles. The van der Waals surface area contributed by atoms with E-state index in [1.165, 1.54) is 6.07 Å². The van der Waals surface area contributed by atoms with Crippen LogP contribution in [0.4, 0.5) is 14.5 Å². The number of carbonyl (C=O) groups excluding carboxylic acids is 2. The predicted octanol–water partition coefficient (Wildman–Crippen LogP) is 3.81. The van der Waals surface area contributed by atoms with Crippen molar-refractivity contribution in [3.05, 3.63) is 65.7 Å². The lowest BCUT2D eigenvalue weighted by atomic mass is 10.0. The van der Waals surface area contributed by atoms with Crippen LogP contribution in [0, 0.1) is 23.5 Å². The lowest BCUT2D eigenvalue weighted by Gasteiger charge is -2.21. The lowest BCUT2D eigenvalue weighted by molar-refractivity contribution is -0.129. The molecule has 2 aromatic carbocycles. The van der Waals surface area contributed by atoms with E-state index in [0.717, 1.165) is 18.1 Å². The van der Waals surface area contributed by atoms with Crippen LogP contribution in [0.5, 0.6) is 0 Å². The molecule has 5 nitrogen and oxygen atoms in total. The first-order chi connectivity index (χ1) is 14.8. The Morgan fingerprint density at radius 2 is 1.84 bits per heavy atom. The quantitative estimate of drug-likeness (QED) is 0.671. The smallest absolute Gasteiger partial charge is 0.247 e. The van der Waals surface area contributed by atoms with Gasteiger partial charge in [0.25, 0.3) is 0 Å². The summed E-state index contributed by atoms with van der Waals surface area (Å²) in [5.41, 5.74) is 1.36. The Morgan fingerprint density at radius 3 is 2.52 bits per heavy atom. The average Bonchev–Trinajstić information content (AvgIpc) is 3.21. The van der Waals surface area contributed by atoms with Gasteiger partial charge in [-0.1, -0.05) is 44.2 Å². The molecule has 0 spiro atoms. The van der Waals surface area contributed by atoms with Crippen molar-refractivity contribution in [2.75, 3.05) is 24.5 Å². The molecule has 31 heavy (non-hydrogen) atoms. The fourth-order valence-electron chi connectivity index (χ4n) is 3.80. The molecule has 3 rings (SSSR count). The molecule has 0 radical (unpaired) electrons. The van der Waals surface area contributed by atoms with E-state index in [4.69, 9.17) is 0 Å². The molecule has 2 amide bonds. The van der Waals surface area contributed by atoms with Gasteiger partial charge in [0.15, 0.2) is 11.6 Å². The van der Waals surface area contributed by atoms with Gasteiger partial charge in [0, 0.05) is 37.8 Å². The van der Waals surface area contributed by atoms with E-state index in [-0.39, 0.29) is 23.7 Å². The summed E-state index contributed by atoms with van der Waals surface area (Å²) in [6.45, 7) is 5.70. The summed E-state index contributed by atoms with van der Waals surface area (Å²) in [6, 6.07) is 12.3. The highest BCUT2D eigenvalue weighted by molar-refractivity contribution is 5.88. The standard InChI is InChI=1S/C24H29F2N3O2/c1-16(2)12-22(30)28-23(18-6-4-3-5-7-18)24(31)27-14-17-10-11-29(15-17)19-8-9-20(25)21(26)13-19/h3-9,13,16-17,23H,10-12,14-15H2,1-2H3,(H,27,31)(H,28,30). The van der Waals surface area contributed by atoms with Crippen molar-refractivity contribution in [3.8, 4) is 0 Å². The van der Waals surface area contributed by atoms with Gasteiger partial charge in [-0.3, -0.25) is 9.59 Å². The van der Waals surface area contributed by atoms with Gasteiger partial charge in [0.05, 0.1) is 0 Å². The lowest BCUT2D eigenvalue weighted by Crippen LogP contribution is -2.42. The van der Waals surface area contributed by atoms with E-state index in [9.17, 15) is 18.4 Å². The Balaban J connectivity index is 1.59. The van der Waals surface area contributed by atoms with Crippen LogP contribution in [0.1, 0.15) is 38.3 Å². The highest BCUT2D eigenvalue weighted by Crippen LogP contribution is 2.25. The predicted molar refractivity (Wildman–Crippen MR) is 116 cm³/mol. The maximum atomic E-state index is 13.5. The molecule has 0 aromatic heterocycles. The number of hydrogen-bond donors (Lipinski definition) is 2. The molecule has 0 aliphatic carbocycles. The normalized spacial score (nSPS) is 16.9. The van der Waals surface area contributed by atoms with Crippen LogP contribution in [0.3, 0.4) is 0 Å². The van der Waals surface area contributed by atoms with Gasteiger partial charge in [-0.05, 0) is 36.0 Å². The minimum Gasteiger partial charge on any atom is -0.371 e. The monoisotopic (exact) mass is 429 g/mol. The number of carbonyl (C=O) groups is 2. The summed E-state index contributed by atoms with van der Waals surface area (Å²) in [4.78, 5) is 27.2. The molecule has 1 heterocycles. The van der Waals surface area contributed by atoms with Crippen molar-refractivity contribution >= 4 is 17.5 Å². The topological polar surface area (TPSA) is 61.4 Å². The van der Waals surface area contributed by atoms with E-state index >= 15 is 0 Å². The van der Waals surface area contributed by atoms with E-state index in [1.54, 1.807) is 6.07 Å². The van der Waals surface area contributed by atoms with Crippen LogP contribution in [-0.2, 0) is 9.59 Å². The van der Waals surface area contributed by atoms with Gasteiger partial charge >= 0.3 is 0 Å². The summed E-state index contributed by atoms with van der Waals surface area (Å²) in [7, 11) is 0. The Morgan fingerprint density at radius 1 is 1.10 bits per heavy atom. The largest absolute Gasteiger partial charge is 0.371 e. The second-order valence-electron chi connectivity index (χ2n) is 8.45. The molecule has 2 aromatic rings. The van der Waals surface area contributed by atoms with E-state index < -0.39 is 17.7 Å². The number of rotatable bonds is 8. The SMILES string of the molecule is CC(C)CC(=O)NC(C(=O)NCC1CCN(c2ccc(F)c(F)c2)C1)c1ccccc1. The molecule has 2 atom stereocenters. The van der Waals surface area contributed by atoms with Crippen molar-refractivity contribution in [1.29, 1.82) is 0 Å². The number of hydrogen-bond acceptors (Lipinski definition) is 3. The number of amides is 2. The molecule has 0 saturated carbocycles. The maximum Gasteiger partial charge on any atom is 0.247 e. The molecule has 0 bridgehead atoms. The first kappa shape index (κ1) is 22.7. The summed E-state index contributed by atoms with van der Waals surface area (Å²) in [5, 5.41) is 5.81. The van der Waals surface area contributed by atoms with Gasteiger partial charge in [0.1, 0.15) is 6.04 Å². The average molecular weight is 430 g/mol. The van der Waals surface area contributed by atoms with Crippen molar-refractivity contribution in [2.24, 2.45) is 11.8 Å². The van der Waals surface area contributed by atoms with Gasteiger partial charge in [-0.2, -0.15) is 0 Å². The Kier molecular flexibility index (Phi) is 7.60. The van der Waals surface area contributed by atoms with Gasteiger partial charge < -0.3 is 15.5 Å². The molecule has 1 aliphatic heterocycles. The zero-order valence-corrected chi connectivity index (χ0v) is 17.9. The zero-order valence-electron chi connectivity index (χ0n) is 17.9. The highest BCUT2D eigenvalue weighted by Gasteiger charge is 2.27. The third-order valence-electron chi connectivity index (χ3n) is 5.41. The maximum absolute atomic E-state index is 13.5. The third-order valence-corrected chi connectivity index (χ3v) is 5.41. The first-order valence-corrected chi connectivity index (χ1v) is 10.7. The number of nitrogens with one attached hydrogen (secondary N) is 2. The summed E-state index contributed by atoms with van der Waals surface area (Å²) in [6.07, 6.45) is 1.18. The van der Waals surface area contributed by atoms with Crippen LogP contribution in [-0.4, -0.2) is 31.4 Å². The highest BCUT2D eigenvalue weighted by atomic mass is 19.2. The van der Waals surface area contributed by atoms with Gasteiger partial charge in [0.2, 0.25) is 11.8 Å². The fraction of sp³-hybridized carbons (Fsp3) is 0.417. The van der Waals surface area contributed by atoms with Gasteiger partial charge in [-0.15, -0.1) is 0 Å². The summed E-state index contributed by atoms with van der Waals surface area (Å²) in [5.74, 6) is -1.77. The second kappa shape index (κ2) is 10.4. The Bertz CT molecular complexity index is 905. The second-order valence-corrected chi connectivity index (χ2v) is 8.45. The minimum absolute atomic E-state index is 0.163. The molecule has 2 N–H and O–H groups in total. The van der Waals surface area contributed by atoms with E-state index in [2.05, 4.69) is 10.6 Å². The Hall–Kier alpha value is -2.96. The minimum atomic E-state index is -0.864. The number of halogens is 2. The summed E-state index contributed by atoms with van der Waals surface area (Å²) < 4.78 is 26.7. The number of nitrogens with zero attached hydrogens (tertiary/aromatic N) is 1. The van der Waals surface area contributed by atoms with Crippen LogP contribution in [0.2, 0.25) is 0 Å². The molecule has 1 aliphatic rings. The van der Waals surface area contributed by atoms with Gasteiger partial charge in [-0.25, -0.2) is 8.78 Å². The first-order valence-electron chi connectivity index (χ1n) is 10.7. The van der Waals surface area contributed by atoms with Crippen LogP contribution in [0.15, 0.2) is 48.5 Å². The molecule has 7 heteroatoms. The molecular weight excluding hydrogens is 400 g/mol. The van der Waals surface area contributed by atoms with Crippen molar-refractivity contribution < 1.29 is 18.4 Å².